The number of nitro benzene ring substituents is 1. The lowest BCUT2D eigenvalue weighted by atomic mass is 10.1. The summed E-state index contributed by atoms with van der Waals surface area (Å²) in [5, 5.41) is 11.1. The molecule has 1 amide bonds. The van der Waals surface area contributed by atoms with Crippen LogP contribution in [0, 0.1) is 10.1 Å². The van der Waals surface area contributed by atoms with Crippen molar-refractivity contribution in [1.29, 1.82) is 0 Å². The van der Waals surface area contributed by atoms with Crippen LogP contribution < -0.4 is 0 Å². The van der Waals surface area contributed by atoms with Gasteiger partial charge in [-0.1, -0.05) is 18.2 Å². The Morgan fingerprint density at radius 1 is 1.17 bits per heavy atom. The van der Waals surface area contributed by atoms with E-state index in [1.54, 1.807) is 18.2 Å². The van der Waals surface area contributed by atoms with Gasteiger partial charge in [0.2, 0.25) is 5.91 Å². The number of hydrogen-bond acceptors (Lipinski definition) is 4. The first-order valence-corrected chi connectivity index (χ1v) is 8.04. The van der Waals surface area contributed by atoms with Crippen molar-refractivity contribution in [3.63, 3.8) is 0 Å². The van der Waals surface area contributed by atoms with E-state index in [2.05, 4.69) is 25.7 Å². The van der Waals surface area contributed by atoms with Gasteiger partial charge >= 0.3 is 0 Å². The maximum atomic E-state index is 12.5. The van der Waals surface area contributed by atoms with Crippen LogP contribution in [0.4, 0.5) is 5.69 Å². The fourth-order valence-corrected chi connectivity index (χ4v) is 2.95. The number of carbonyl (C=O) groups excluding carboxylic acids is 1. The van der Waals surface area contributed by atoms with Crippen LogP contribution in [0.15, 0.2) is 24.3 Å². The van der Waals surface area contributed by atoms with E-state index in [4.69, 9.17) is 0 Å². The molecule has 0 spiro atoms. The summed E-state index contributed by atoms with van der Waals surface area (Å²) >= 11 is 0. The van der Waals surface area contributed by atoms with E-state index in [-0.39, 0.29) is 23.6 Å². The molecule has 0 radical (unpaired) electrons. The number of rotatable bonds is 3. The third-order valence-corrected chi connectivity index (χ3v) is 4.33. The second-order valence-corrected chi connectivity index (χ2v) is 6.95. The minimum atomic E-state index is -0.424. The summed E-state index contributed by atoms with van der Waals surface area (Å²) in [5.41, 5.74) is 0.600. The minimum absolute atomic E-state index is 0.0204. The van der Waals surface area contributed by atoms with Crippen molar-refractivity contribution in [1.82, 2.24) is 9.80 Å². The summed E-state index contributed by atoms with van der Waals surface area (Å²) in [6, 6.07) is 6.47. The predicted octanol–water partition coefficient (Wildman–Crippen LogP) is 2.47. The summed E-state index contributed by atoms with van der Waals surface area (Å²) in [6.07, 6.45) is 1.02. The standard InChI is InChI=1S/C17H25N3O3/c1-17(2,3)19-10-6-9-18(11-12-19)16(21)13-14-7-4-5-8-15(14)20(22)23/h4-5,7-8H,6,9-13H2,1-3H3. The van der Waals surface area contributed by atoms with Crippen molar-refractivity contribution in [3.05, 3.63) is 39.9 Å². The summed E-state index contributed by atoms with van der Waals surface area (Å²) in [6.45, 7) is 9.74. The van der Waals surface area contributed by atoms with Gasteiger partial charge in [0, 0.05) is 43.3 Å². The Morgan fingerprint density at radius 2 is 1.87 bits per heavy atom. The minimum Gasteiger partial charge on any atom is -0.341 e. The predicted molar refractivity (Wildman–Crippen MR) is 89.3 cm³/mol. The van der Waals surface area contributed by atoms with Crippen LogP contribution in [0.3, 0.4) is 0 Å². The lowest BCUT2D eigenvalue weighted by Crippen LogP contribution is -2.44. The number of benzene rings is 1. The highest BCUT2D eigenvalue weighted by atomic mass is 16.6. The number of carbonyl (C=O) groups is 1. The van der Waals surface area contributed by atoms with Crippen LogP contribution in [0.2, 0.25) is 0 Å². The van der Waals surface area contributed by atoms with E-state index in [0.29, 0.717) is 18.7 Å². The lowest BCUT2D eigenvalue weighted by molar-refractivity contribution is -0.385. The van der Waals surface area contributed by atoms with Crippen LogP contribution in [0.1, 0.15) is 32.8 Å². The van der Waals surface area contributed by atoms with Crippen LogP contribution in [-0.2, 0) is 11.2 Å². The van der Waals surface area contributed by atoms with Gasteiger partial charge in [-0.05, 0) is 27.2 Å². The van der Waals surface area contributed by atoms with Crippen molar-refractivity contribution >= 4 is 11.6 Å². The van der Waals surface area contributed by atoms with Crippen LogP contribution in [0.25, 0.3) is 0 Å². The van der Waals surface area contributed by atoms with E-state index in [0.717, 1.165) is 19.5 Å². The molecule has 0 aliphatic carbocycles. The molecule has 1 aromatic rings. The zero-order valence-corrected chi connectivity index (χ0v) is 14.1. The van der Waals surface area contributed by atoms with E-state index < -0.39 is 4.92 Å². The molecule has 1 saturated heterocycles. The van der Waals surface area contributed by atoms with Gasteiger partial charge < -0.3 is 4.90 Å². The van der Waals surface area contributed by atoms with Crippen LogP contribution in [0.5, 0.6) is 0 Å². The smallest absolute Gasteiger partial charge is 0.273 e. The molecule has 1 aliphatic heterocycles. The fourth-order valence-electron chi connectivity index (χ4n) is 2.95. The maximum absolute atomic E-state index is 12.5. The van der Waals surface area contributed by atoms with Gasteiger partial charge in [0.1, 0.15) is 0 Å². The highest BCUT2D eigenvalue weighted by Gasteiger charge is 2.26. The first-order chi connectivity index (χ1) is 10.8. The third kappa shape index (κ3) is 4.51. The Labute approximate surface area is 137 Å². The highest BCUT2D eigenvalue weighted by molar-refractivity contribution is 5.80. The van der Waals surface area contributed by atoms with Crippen molar-refractivity contribution < 1.29 is 9.72 Å². The third-order valence-electron chi connectivity index (χ3n) is 4.33. The molecule has 23 heavy (non-hydrogen) atoms. The molecule has 1 aromatic carbocycles. The second kappa shape index (κ2) is 7.08. The van der Waals surface area contributed by atoms with Gasteiger partial charge in [-0.25, -0.2) is 0 Å². The maximum Gasteiger partial charge on any atom is 0.273 e. The van der Waals surface area contributed by atoms with E-state index in [1.807, 2.05) is 4.90 Å². The van der Waals surface area contributed by atoms with Gasteiger partial charge in [0.15, 0.2) is 0 Å². The summed E-state index contributed by atoms with van der Waals surface area (Å²) in [7, 11) is 0. The molecule has 6 heteroatoms. The molecule has 1 aliphatic rings. The number of nitrogens with zero attached hydrogens (tertiary/aromatic N) is 3. The average molecular weight is 319 g/mol. The van der Waals surface area contributed by atoms with Gasteiger partial charge in [-0.2, -0.15) is 0 Å². The Hall–Kier alpha value is -1.95. The first-order valence-electron chi connectivity index (χ1n) is 8.04. The summed E-state index contributed by atoms with van der Waals surface area (Å²) in [5.74, 6) is -0.0324. The van der Waals surface area contributed by atoms with E-state index in [1.165, 1.54) is 6.07 Å². The fraction of sp³-hybridized carbons (Fsp3) is 0.588. The van der Waals surface area contributed by atoms with E-state index >= 15 is 0 Å². The molecular weight excluding hydrogens is 294 g/mol. The van der Waals surface area contributed by atoms with Crippen LogP contribution in [-0.4, -0.2) is 52.3 Å². The number of hydrogen-bond donors (Lipinski definition) is 0. The van der Waals surface area contributed by atoms with E-state index in [9.17, 15) is 14.9 Å². The lowest BCUT2D eigenvalue weighted by Gasteiger charge is -2.34. The molecule has 2 rings (SSSR count). The zero-order chi connectivity index (χ0) is 17.0. The molecule has 1 heterocycles. The average Bonchev–Trinajstić information content (AvgIpc) is 2.73. The van der Waals surface area contributed by atoms with Crippen molar-refractivity contribution in [3.8, 4) is 0 Å². The molecule has 6 nitrogen and oxygen atoms in total. The van der Waals surface area contributed by atoms with Crippen molar-refractivity contribution in [2.75, 3.05) is 26.2 Å². The SMILES string of the molecule is CC(C)(C)N1CCCN(C(=O)Cc2ccccc2[N+](=O)[O-])CC1. The molecular formula is C17H25N3O3. The molecule has 0 unspecified atom stereocenters. The molecule has 0 N–H and O–H groups in total. The summed E-state index contributed by atoms with van der Waals surface area (Å²) < 4.78 is 0. The molecule has 0 bridgehead atoms. The number of nitro groups is 1. The Balaban J connectivity index is 2.03. The number of para-hydroxylation sites is 1. The van der Waals surface area contributed by atoms with Gasteiger partial charge in [0.25, 0.3) is 5.69 Å². The molecule has 0 atom stereocenters. The van der Waals surface area contributed by atoms with Gasteiger partial charge in [-0.15, -0.1) is 0 Å². The molecule has 0 aromatic heterocycles. The topological polar surface area (TPSA) is 66.7 Å². The molecule has 0 saturated carbocycles. The van der Waals surface area contributed by atoms with Crippen molar-refractivity contribution in [2.45, 2.75) is 39.2 Å². The second-order valence-electron chi connectivity index (χ2n) is 6.95. The van der Waals surface area contributed by atoms with Gasteiger partial charge in [0.05, 0.1) is 11.3 Å². The normalized spacial score (nSPS) is 16.9. The number of amides is 1. The van der Waals surface area contributed by atoms with Gasteiger partial charge in [-0.3, -0.25) is 19.8 Å². The Kier molecular flexibility index (Phi) is 5.36. The highest BCUT2D eigenvalue weighted by Crippen LogP contribution is 2.20. The van der Waals surface area contributed by atoms with Crippen LogP contribution >= 0.6 is 0 Å². The quantitative estimate of drug-likeness (QED) is 0.634. The Morgan fingerprint density at radius 3 is 2.52 bits per heavy atom. The zero-order valence-electron chi connectivity index (χ0n) is 14.1. The monoisotopic (exact) mass is 319 g/mol. The summed E-state index contributed by atoms with van der Waals surface area (Å²) in [4.78, 5) is 27.4. The Bertz CT molecular complexity index is 581. The van der Waals surface area contributed by atoms with Crippen molar-refractivity contribution in [2.24, 2.45) is 0 Å². The largest absolute Gasteiger partial charge is 0.341 e. The first kappa shape index (κ1) is 17.4. The molecule has 126 valence electrons. The molecule has 1 fully saturated rings.